The van der Waals surface area contributed by atoms with Gasteiger partial charge in [-0.15, -0.1) is 0 Å². The van der Waals surface area contributed by atoms with Gasteiger partial charge in [0.2, 0.25) is 0 Å². The zero-order chi connectivity index (χ0) is 10.6. The van der Waals surface area contributed by atoms with Gasteiger partial charge in [-0.2, -0.15) is 5.26 Å². The lowest BCUT2D eigenvalue weighted by atomic mass is 10.0. The molecule has 0 spiro atoms. The third kappa shape index (κ3) is 2.23. The van der Waals surface area contributed by atoms with Crippen LogP contribution in [-0.2, 0) is 6.42 Å². The molecule has 0 bridgehead atoms. The van der Waals surface area contributed by atoms with E-state index in [-0.39, 0.29) is 11.6 Å². The monoisotopic (exact) mass is 193 g/mol. The van der Waals surface area contributed by atoms with Gasteiger partial charge in [-0.1, -0.05) is 0 Å². The second kappa shape index (κ2) is 4.61. The Hall–Kier alpha value is -1.56. The van der Waals surface area contributed by atoms with Gasteiger partial charge in [-0.3, -0.25) is 0 Å². The lowest BCUT2D eigenvalue weighted by Gasteiger charge is -2.07. The van der Waals surface area contributed by atoms with Crippen LogP contribution in [0.25, 0.3) is 0 Å². The molecule has 1 aromatic carbocycles. The fourth-order valence-corrected chi connectivity index (χ4v) is 1.31. The molecule has 0 amide bonds. The van der Waals surface area contributed by atoms with E-state index in [0.29, 0.717) is 12.8 Å². The molecule has 0 radical (unpaired) electrons. The zero-order valence-electron chi connectivity index (χ0n) is 8.30. The number of nitrogens with zero attached hydrogens (tertiary/aromatic N) is 1. The van der Waals surface area contributed by atoms with Gasteiger partial charge in [0.25, 0.3) is 0 Å². The number of hydrogen-bond acceptors (Lipinski definition) is 2. The molecule has 0 aromatic heterocycles. The number of halogens is 1. The quantitative estimate of drug-likeness (QED) is 0.739. The van der Waals surface area contributed by atoms with Gasteiger partial charge in [-0.05, 0) is 36.6 Å². The Balaban J connectivity index is 2.99. The van der Waals surface area contributed by atoms with E-state index in [4.69, 9.17) is 10.00 Å². The van der Waals surface area contributed by atoms with Crippen molar-refractivity contribution in [2.45, 2.75) is 19.8 Å². The van der Waals surface area contributed by atoms with Crippen LogP contribution in [0.15, 0.2) is 12.1 Å². The van der Waals surface area contributed by atoms with E-state index in [1.807, 2.05) is 6.92 Å². The lowest BCUT2D eigenvalue weighted by Crippen LogP contribution is -1.95. The molecule has 3 heteroatoms. The molecule has 0 saturated carbocycles. The smallest absolute Gasteiger partial charge is 0.165 e. The van der Waals surface area contributed by atoms with Crippen molar-refractivity contribution in [1.82, 2.24) is 0 Å². The Morgan fingerprint density at radius 3 is 2.79 bits per heavy atom. The van der Waals surface area contributed by atoms with Crippen molar-refractivity contribution in [2.75, 3.05) is 7.11 Å². The highest BCUT2D eigenvalue weighted by molar-refractivity contribution is 5.36. The molecule has 0 aliphatic carbocycles. The molecule has 0 saturated heterocycles. The summed E-state index contributed by atoms with van der Waals surface area (Å²) in [5.41, 5.74) is 1.82. The summed E-state index contributed by atoms with van der Waals surface area (Å²) < 4.78 is 18.0. The number of nitriles is 1. The maximum Gasteiger partial charge on any atom is 0.165 e. The topological polar surface area (TPSA) is 33.0 Å². The van der Waals surface area contributed by atoms with Gasteiger partial charge >= 0.3 is 0 Å². The van der Waals surface area contributed by atoms with Crippen LogP contribution >= 0.6 is 0 Å². The fraction of sp³-hybridized carbons (Fsp3) is 0.364. The van der Waals surface area contributed by atoms with Gasteiger partial charge in [0.15, 0.2) is 11.6 Å². The molecule has 0 heterocycles. The molecule has 1 aromatic rings. The normalized spacial score (nSPS) is 9.57. The van der Waals surface area contributed by atoms with Crippen LogP contribution in [0.2, 0.25) is 0 Å². The van der Waals surface area contributed by atoms with Crippen molar-refractivity contribution in [1.29, 1.82) is 5.26 Å². The average Bonchev–Trinajstić information content (AvgIpc) is 2.17. The summed E-state index contributed by atoms with van der Waals surface area (Å²) in [6.07, 6.45) is 1.08. The summed E-state index contributed by atoms with van der Waals surface area (Å²) in [5.74, 6) is -0.116. The minimum atomic E-state index is -0.356. The number of aryl methyl sites for hydroxylation is 2. The van der Waals surface area contributed by atoms with Crippen molar-refractivity contribution in [3.8, 4) is 11.8 Å². The van der Waals surface area contributed by atoms with E-state index in [2.05, 4.69) is 6.07 Å². The predicted molar refractivity (Wildman–Crippen MR) is 51.6 cm³/mol. The maximum absolute atomic E-state index is 13.2. The van der Waals surface area contributed by atoms with Crippen LogP contribution in [-0.4, -0.2) is 7.11 Å². The Morgan fingerprint density at radius 1 is 1.50 bits per heavy atom. The zero-order valence-corrected chi connectivity index (χ0v) is 8.30. The van der Waals surface area contributed by atoms with Gasteiger partial charge in [-0.25, -0.2) is 4.39 Å². The Bertz CT molecular complexity index is 368. The van der Waals surface area contributed by atoms with Crippen molar-refractivity contribution >= 4 is 0 Å². The summed E-state index contributed by atoms with van der Waals surface area (Å²) in [4.78, 5) is 0. The van der Waals surface area contributed by atoms with Gasteiger partial charge in [0.1, 0.15) is 0 Å². The molecule has 14 heavy (non-hydrogen) atoms. The van der Waals surface area contributed by atoms with Crippen molar-refractivity contribution < 1.29 is 9.13 Å². The number of hydrogen-bond donors (Lipinski definition) is 0. The van der Waals surface area contributed by atoms with Crippen molar-refractivity contribution in [3.05, 3.63) is 29.1 Å². The van der Waals surface area contributed by atoms with E-state index in [1.165, 1.54) is 13.2 Å². The highest BCUT2D eigenvalue weighted by atomic mass is 19.1. The number of rotatable bonds is 3. The minimum Gasteiger partial charge on any atom is -0.494 e. The van der Waals surface area contributed by atoms with Gasteiger partial charge in [0.05, 0.1) is 13.2 Å². The molecule has 0 fully saturated rings. The van der Waals surface area contributed by atoms with Crippen LogP contribution in [0.5, 0.6) is 5.75 Å². The molecule has 0 atom stereocenters. The Kier molecular flexibility index (Phi) is 3.47. The highest BCUT2D eigenvalue weighted by Crippen LogP contribution is 2.22. The molecule has 1 rings (SSSR count). The summed E-state index contributed by atoms with van der Waals surface area (Å²) in [6, 6.07) is 5.15. The van der Waals surface area contributed by atoms with E-state index < -0.39 is 0 Å². The SMILES string of the molecule is COc1cc(CCC#N)c(C)cc1F. The van der Waals surface area contributed by atoms with Crippen molar-refractivity contribution in [3.63, 3.8) is 0 Å². The van der Waals surface area contributed by atoms with E-state index >= 15 is 0 Å². The van der Waals surface area contributed by atoms with Crippen molar-refractivity contribution in [2.24, 2.45) is 0 Å². The number of benzene rings is 1. The van der Waals surface area contributed by atoms with E-state index in [1.54, 1.807) is 6.07 Å². The largest absolute Gasteiger partial charge is 0.494 e. The Morgan fingerprint density at radius 2 is 2.21 bits per heavy atom. The molecule has 0 N–H and O–H groups in total. The van der Waals surface area contributed by atoms with Crippen LogP contribution in [0.4, 0.5) is 4.39 Å². The van der Waals surface area contributed by atoms with Crippen LogP contribution in [0, 0.1) is 24.1 Å². The summed E-state index contributed by atoms with van der Waals surface area (Å²) >= 11 is 0. The molecule has 0 aliphatic rings. The number of methoxy groups -OCH3 is 1. The lowest BCUT2D eigenvalue weighted by molar-refractivity contribution is 0.385. The fourth-order valence-electron chi connectivity index (χ4n) is 1.31. The van der Waals surface area contributed by atoms with E-state index in [0.717, 1.165) is 11.1 Å². The van der Waals surface area contributed by atoms with Gasteiger partial charge in [0, 0.05) is 6.42 Å². The second-order valence-corrected chi connectivity index (χ2v) is 3.07. The first-order valence-corrected chi connectivity index (χ1v) is 4.39. The second-order valence-electron chi connectivity index (χ2n) is 3.07. The summed E-state index contributed by atoms with van der Waals surface area (Å²) in [5, 5.41) is 8.44. The van der Waals surface area contributed by atoms with Gasteiger partial charge < -0.3 is 4.74 Å². The van der Waals surface area contributed by atoms with E-state index in [9.17, 15) is 4.39 Å². The predicted octanol–water partition coefficient (Wildman–Crippen LogP) is 2.60. The number of ether oxygens (including phenoxy) is 1. The molecule has 0 unspecified atom stereocenters. The maximum atomic E-state index is 13.2. The molecule has 2 nitrogen and oxygen atoms in total. The first kappa shape index (κ1) is 10.5. The third-order valence-electron chi connectivity index (χ3n) is 2.12. The van der Waals surface area contributed by atoms with Crippen LogP contribution < -0.4 is 4.74 Å². The first-order valence-electron chi connectivity index (χ1n) is 4.39. The molecular weight excluding hydrogens is 181 g/mol. The first-order chi connectivity index (χ1) is 6.69. The standard InChI is InChI=1S/C11H12FNO/c1-8-6-10(12)11(14-2)7-9(8)4-3-5-13/h6-7H,3-4H2,1-2H3. The van der Waals surface area contributed by atoms with Crippen LogP contribution in [0.1, 0.15) is 17.5 Å². The summed E-state index contributed by atoms with van der Waals surface area (Å²) in [6.45, 7) is 1.83. The highest BCUT2D eigenvalue weighted by Gasteiger charge is 2.06. The molecule has 0 aliphatic heterocycles. The van der Waals surface area contributed by atoms with Crippen LogP contribution in [0.3, 0.4) is 0 Å². The molecular formula is C11H12FNO. The third-order valence-corrected chi connectivity index (χ3v) is 2.12. The summed E-state index contributed by atoms with van der Waals surface area (Å²) in [7, 11) is 1.43. The molecule has 74 valence electrons. The minimum absolute atomic E-state index is 0.239. The Labute approximate surface area is 82.9 Å². The average molecular weight is 193 g/mol.